The number of pyridine rings is 1. The average Bonchev–Trinajstić information content (AvgIpc) is 2.67. The maximum atomic E-state index is 12.4. The summed E-state index contributed by atoms with van der Waals surface area (Å²) in [4.78, 5) is 28.4. The molecule has 1 heterocycles. The first-order valence-corrected chi connectivity index (χ1v) is 8.63. The number of rotatable bonds is 5. The van der Waals surface area contributed by atoms with Gasteiger partial charge in [-0.25, -0.2) is 10.4 Å². The van der Waals surface area contributed by atoms with Gasteiger partial charge < -0.3 is 5.32 Å². The molecule has 0 bridgehead atoms. The van der Waals surface area contributed by atoms with E-state index < -0.39 is 0 Å². The maximum absolute atomic E-state index is 12.4. The number of carbonyl (C=O) groups excluding carboxylic acids is 2. The summed E-state index contributed by atoms with van der Waals surface area (Å²) in [6.45, 7) is 1.66. The average molecular weight is 381 g/mol. The first-order chi connectivity index (χ1) is 13.0. The molecular formula is C20H17ClN4O2. The highest BCUT2D eigenvalue weighted by molar-refractivity contribution is 6.30. The minimum atomic E-state index is -0.328. The number of fused-ring (bicyclic) bond motifs is 1. The first-order valence-electron chi connectivity index (χ1n) is 8.25. The molecule has 0 spiro atoms. The fraction of sp³-hybridized carbons (Fsp3) is 0.100. The molecule has 2 aromatic carbocycles. The number of hydrogen-bond donors (Lipinski definition) is 2. The second kappa shape index (κ2) is 8.42. The van der Waals surface area contributed by atoms with E-state index in [4.69, 9.17) is 11.6 Å². The number of halogens is 1. The van der Waals surface area contributed by atoms with Crippen LogP contribution in [0.25, 0.3) is 10.8 Å². The quantitative estimate of drug-likeness (QED) is 0.518. The molecule has 2 N–H and O–H groups in total. The molecule has 136 valence electrons. The Morgan fingerprint density at radius 1 is 1.07 bits per heavy atom. The Hall–Kier alpha value is -3.25. The molecule has 0 fully saturated rings. The van der Waals surface area contributed by atoms with Crippen molar-refractivity contribution in [2.45, 2.75) is 13.3 Å². The molecule has 0 saturated heterocycles. The smallest absolute Gasteiger partial charge is 0.271 e. The number of carbonyl (C=O) groups is 2. The predicted octanol–water partition coefficient (Wildman–Crippen LogP) is 4.02. The van der Waals surface area contributed by atoms with E-state index >= 15 is 0 Å². The SMILES string of the molecule is C/C(CC(=O)Nc1ccc(Cl)cn1)=N/NC(=O)c1cccc2ccccc12. The number of hydrogen-bond acceptors (Lipinski definition) is 4. The Labute approximate surface area is 161 Å². The van der Waals surface area contributed by atoms with Crippen LogP contribution in [0.5, 0.6) is 0 Å². The van der Waals surface area contributed by atoms with Crippen LogP contribution in [0.4, 0.5) is 5.82 Å². The van der Waals surface area contributed by atoms with Crippen molar-refractivity contribution in [1.29, 1.82) is 0 Å². The van der Waals surface area contributed by atoms with Crippen LogP contribution in [-0.2, 0) is 4.79 Å². The van der Waals surface area contributed by atoms with E-state index in [1.165, 1.54) is 6.20 Å². The first kappa shape index (κ1) is 18.5. The standard InChI is InChI=1S/C20H17ClN4O2/c1-13(11-19(26)23-18-10-9-15(21)12-22-18)24-25-20(27)17-8-4-6-14-5-2-3-7-16(14)17/h2-10,12H,11H2,1H3,(H,25,27)(H,22,23,26)/b24-13-. The van der Waals surface area contributed by atoms with Crippen molar-refractivity contribution in [3.05, 3.63) is 71.4 Å². The van der Waals surface area contributed by atoms with Crippen LogP contribution in [0.1, 0.15) is 23.7 Å². The van der Waals surface area contributed by atoms with Crippen molar-refractivity contribution in [1.82, 2.24) is 10.4 Å². The number of hydrazone groups is 1. The van der Waals surface area contributed by atoms with Crippen molar-refractivity contribution in [2.75, 3.05) is 5.32 Å². The second-order valence-electron chi connectivity index (χ2n) is 5.90. The summed E-state index contributed by atoms with van der Waals surface area (Å²) in [7, 11) is 0. The summed E-state index contributed by atoms with van der Waals surface area (Å²) in [5.74, 6) is -0.214. The summed E-state index contributed by atoms with van der Waals surface area (Å²) >= 11 is 5.76. The number of nitrogens with one attached hydrogen (secondary N) is 2. The summed E-state index contributed by atoms with van der Waals surface area (Å²) in [5.41, 5.74) is 3.50. The highest BCUT2D eigenvalue weighted by Gasteiger charge is 2.10. The highest BCUT2D eigenvalue weighted by atomic mass is 35.5. The molecule has 6 nitrogen and oxygen atoms in total. The summed E-state index contributed by atoms with van der Waals surface area (Å²) < 4.78 is 0. The summed E-state index contributed by atoms with van der Waals surface area (Å²) in [6.07, 6.45) is 1.47. The van der Waals surface area contributed by atoms with Crippen LogP contribution in [0.3, 0.4) is 0 Å². The van der Waals surface area contributed by atoms with Crippen LogP contribution in [-0.4, -0.2) is 22.5 Å². The largest absolute Gasteiger partial charge is 0.310 e. The van der Waals surface area contributed by atoms with Gasteiger partial charge >= 0.3 is 0 Å². The molecule has 0 aliphatic carbocycles. The van der Waals surface area contributed by atoms with Gasteiger partial charge in [0.1, 0.15) is 5.82 Å². The van der Waals surface area contributed by atoms with Gasteiger partial charge in [-0.15, -0.1) is 0 Å². The van der Waals surface area contributed by atoms with Crippen LogP contribution in [0, 0.1) is 0 Å². The molecule has 0 aliphatic rings. The molecule has 3 rings (SSSR count). The fourth-order valence-electron chi connectivity index (χ4n) is 2.54. The van der Waals surface area contributed by atoms with Crippen LogP contribution in [0.15, 0.2) is 65.9 Å². The van der Waals surface area contributed by atoms with Crippen molar-refractivity contribution in [3.63, 3.8) is 0 Å². The van der Waals surface area contributed by atoms with Crippen molar-refractivity contribution in [3.8, 4) is 0 Å². The van der Waals surface area contributed by atoms with Crippen molar-refractivity contribution < 1.29 is 9.59 Å². The Bertz CT molecular complexity index is 1010. The normalized spacial score (nSPS) is 11.3. The zero-order valence-electron chi connectivity index (χ0n) is 14.6. The molecule has 0 aliphatic heterocycles. The minimum absolute atomic E-state index is 0.0279. The van der Waals surface area contributed by atoms with E-state index in [1.54, 1.807) is 25.1 Å². The lowest BCUT2D eigenvalue weighted by Crippen LogP contribution is -2.21. The van der Waals surface area contributed by atoms with Gasteiger partial charge in [0.05, 0.1) is 11.4 Å². The summed E-state index contributed by atoms with van der Waals surface area (Å²) in [6, 6.07) is 16.4. The van der Waals surface area contributed by atoms with E-state index in [2.05, 4.69) is 20.8 Å². The molecule has 0 radical (unpaired) electrons. The van der Waals surface area contributed by atoms with Crippen LogP contribution >= 0.6 is 11.6 Å². The summed E-state index contributed by atoms with van der Waals surface area (Å²) in [5, 5.41) is 8.96. The Balaban J connectivity index is 1.61. The molecule has 2 amide bonds. The van der Waals surface area contributed by atoms with Gasteiger partial charge in [-0.1, -0.05) is 48.0 Å². The topological polar surface area (TPSA) is 83.4 Å². The van der Waals surface area contributed by atoms with Gasteiger partial charge in [-0.2, -0.15) is 5.10 Å². The van der Waals surface area contributed by atoms with Crippen LogP contribution < -0.4 is 10.7 Å². The minimum Gasteiger partial charge on any atom is -0.310 e. The van der Waals surface area contributed by atoms with Gasteiger partial charge in [-0.3, -0.25) is 9.59 Å². The van der Waals surface area contributed by atoms with Gasteiger partial charge in [-0.05, 0) is 35.9 Å². The molecule has 0 atom stereocenters. The van der Waals surface area contributed by atoms with Gasteiger partial charge in [0, 0.05) is 17.5 Å². The third-order valence-electron chi connectivity index (χ3n) is 3.79. The Morgan fingerprint density at radius 2 is 1.85 bits per heavy atom. The lowest BCUT2D eigenvalue weighted by molar-refractivity contribution is -0.115. The Morgan fingerprint density at radius 3 is 2.63 bits per heavy atom. The van der Waals surface area contributed by atoms with Crippen molar-refractivity contribution >= 4 is 45.7 Å². The van der Waals surface area contributed by atoms with E-state index in [0.717, 1.165) is 10.8 Å². The number of amides is 2. The third-order valence-corrected chi connectivity index (χ3v) is 4.02. The molecule has 3 aromatic rings. The monoisotopic (exact) mass is 380 g/mol. The van der Waals surface area contributed by atoms with Gasteiger partial charge in [0.2, 0.25) is 5.91 Å². The molecule has 0 saturated carbocycles. The number of benzene rings is 2. The van der Waals surface area contributed by atoms with E-state index in [0.29, 0.717) is 22.1 Å². The molecule has 1 aromatic heterocycles. The molecule has 0 unspecified atom stereocenters. The van der Waals surface area contributed by atoms with Gasteiger partial charge in [0.25, 0.3) is 5.91 Å². The molecule has 7 heteroatoms. The lowest BCUT2D eigenvalue weighted by Gasteiger charge is -2.07. The zero-order valence-corrected chi connectivity index (χ0v) is 15.3. The lowest BCUT2D eigenvalue weighted by atomic mass is 10.0. The van der Waals surface area contributed by atoms with E-state index in [1.807, 2.05) is 36.4 Å². The van der Waals surface area contributed by atoms with Gasteiger partial charge in [0.15, 0.2) is 0 Å². The number of nitrogens with zero attached hydrogens (tertiary/aromatic N) is 2. The molecule has 27 heavy (non-hydrogen) atoms. The third kappa shape index (κ3) is 4.89. The Kier molecular flexibility index (Phi) is 5.78. The van der Waals surface area contributed by atoms with E-state index in [9.17, 15) is 9.59 Å². The number of anilines is 1. The molecular weight excluding hydrogens is 364 g/mol. The van der Waals surface area contributed by atoms with Crippen LogP contribution in [0.2, 0.25) is 5.02 Å². The predicted molar refractivity (Wildman–Crippen MR) is 107 cm³/mol. The van der Waals surface area contributed by atoms with E-state index in [-0.39, 0.29) is 18.2 Å². The fourth-order valence-corrected chi connectivity index (χ4v) is 2.65. The highest BCUT2D eigenvalue weighted by Crippen LogP contribution is 2.18. The number of aromatic nitrogens is 1. The zero-order chi connectivity index (χ0) is 19.2. The maximum Gasteiger partial charge on any atom is 0.271 e. The second-order valence-corrected chi connectivity index (χ2v) is 6.34. The van der Waals surface area contributed by atoms with Crippen molar-refractivity contribution in [2.24, 2.45) is 5.10 Å².